The molecule has 1 heterocycles. The summed E-state index contributed by atoms with van der Waals surface area (Å²) in [7, 11) is -0.689. The standard InChI is InChI=1S/C21H25N3O4S/c1-21(2,3)16-8-6-15(7-9-16)20-22-19(28-23-20)14-24(4)29(25,26)18-12-10-17(27-5)11-13-18/h6-13H,14H2,1-5H3. The molecule has 1 aromatic heterocycles. The summed E-state index contributed by atoms with van der Waals surface area (Å²) < 4.78 is 37.0. The number of methoxy groups -OCH3 is 1. The van der Waals surface area contributed by atoms with Gasteiger partial charge in [-0.3, -0.25) is 0 Å². The summed E-state index contributed by atoms with van der Waals surface area (Å²) in [4.78, 5) is 4.51. The summed E-state index contributed by atoms with van der Waals surface area (Å²) in [5, 5.41) is 3.98. The van der Waals surface area contributed by atoms with Gasteiger partial charge in [0.25, 0.3) is 0 Å². The molecule has 0 atom stereocenters. The smallest absolute Gasteiger partial charge is 0.243 e. The summed E-state index contributed by atoms with van der Waals surface area (Å²) in [6, 6.07) is 14.2. The van der Waals surface area contributed by atoms with Gasteiger partial charge in [-0.05, 0) is 35.2 Å². The lowest BCUT2D eigenvalue weighted by Gasteiger charge is -2.18. The summed E-state index contributed by atoms with van der Waals surface area (Å²) >= 11 is 0. The van der Waals surface area contributed by atoms with Crippen molar-refractivity contribution in [3.63, 3.8) is 0 Å². The number of nitrogens with zero attached hydrogens (tertiary/aromatic N) is 3. The van der Waals surface area contributed by atoms with Crippen LogP contribution in [0.2, 0.25) is 0 Å². The number of hydrogen-bond donors (Lipinski definition) is 0. The van der Waals surface area contributed by atoms with Crippen LogP contribution in [-0.4, -0.2) is 37.0 Å². The van der Waals surface area contributed by atoms with E-state index >= 15 is 0 Å². The van der Waals surface area contributed by atoms with Gasteiger partial charge in [0.15, 0.2) is 0 Å². The van der Waals surface area contributed by atoms with Crippen LogP contribution in [0.15, 0.2) is 57.9 Å². The Morgan fingerprint density at radius 3 is 2.21 bits per heavy atom. The van der Waals surface area contributed by atoms with Crippen molar-refractivity contribution in [2.24, 2.45) is 0 Å². The Hall–Kier alpha value is -2.71. The van der Waals surface area contributed by atoms with Gasteiger partial charge in [-0.15, -0.1) is 0 Å². The molecule has 0 aliphatic carbocycles. The van der Waals surface area contributed by atoms with Crippen LogP contribution in [0.3, 0.4) is 0 Å². The van der Waals surface area contributed by atoms with E-state index in [0.29, 0.717) is 11.6 Å². The molecule has 0 amide bonds. The molecular formula is C21H25N3O4S. The third-order valence-corrected chi connectivity index (χ3v) is 6.42. The Balaban J connectivity index is 1.75. The fourth-order valence-corrected chi connectivity index (χ4v) is 3.88. The maximum atomic E-state index is 12.7. The molecule has 0 saturated heterocycles. The highest BCUT2D eigenvalue weighted by Crippen LogP contribution is 2.25. The van der Waals surface area contributed by atoms with Crippen molar-refractivity contribution >= 4 is 10.0 Å². The first-order valence-electron chi connectivity index (χ1n) is 9.15. The van der Waals surface area contributed by atoms with Crippen molar-refractivity contribution < 1.29 is 17.7 Å². The molecule has 154 valence electrons. The average molecular weight is 416 g/mol. The van der Waals surface area contributed by atoms with E-state index in [4.69, 9.17) is 9.26 Å². The van der Waals surface area contributed by atoms with E-state index in [1.165, 1.54) is 36.2 Å². The van der Waals surface area contributed by atoms with Crippen molar-refractivity contribution in [2.45, 2.75) is 37.6 Å². The minimum Gasteiger partial charge on any atom is -0.497 e. The first-order valence-corrected chi connectivity index (χ1v) is 10.6. The Kier molecular flexibility index (Phi) is 5.77. The van der Waals surface area contributed by atoms with Gasteiger partial charge < -0.3 is 9.26 Å². The molecule has 29 heavy (non-hydrogen) atoms. The minimum absolute atomic E-state index is 0.0264. The number of aromatic nitrogens is 2. The number of ether oxygens (including phenoxy) is 1. The summed E-state index contributed by atoms with van der Waals surface area (Å²) in [6.45, 7) is 6.41. The maximum absolute atomic E-state index is 12.7. The van der Waals surface area contributed by atoms with Gasteiger partial charge in [0.2, 0.25) is 21.7 Å². The van der Waals surface area contributed by atoms with E-state index in [2.05, 4.69) is 30.9 Å². The second-order valence-corrected chi connectivity index (χ2v) is 9.82. The maximum Gasteiger partial charge on any atom is 0.243 e. The molecule has 0 aliphatic rings. The van der Waals surface area contributed by atoms with Gasteiger partial charge in [0.1, 0.15) is 5.75 Å². The van der Waals surface area contributed by atoms with E-state index in [-0.39, 0.29) is 22.7 Å². The van der Waals surface area contributed by atoms with Crippen LogP contribution < -0.4 is 4.74 Å². The van der Waals surface area contributed by atoms with Crippen molar-refractivity contribution in [3.05, 3.63) is 60.0 Å². The predicted molar refractivity (Wildman–Crippen MR) is 110 cm³/mol. The number of rotatable bonds is 6. The van der Waals surface area contributed by atoms with Crippen LogP contribution in [0.25, 0.3) is 11.4 Å². The number of sulfonamides is 1. The van der Waals surface area contributed by atoms with Gasteiger partial charge in [-0.25, -0.2) is 8.42 Å². The van der Waals surface area contributed by atoms with Crippen LogP contribution in [0, 0.1) is 0 Å². The molecule has 0 spiro atoms. The minimum atomic E-state index is -3.69. The van der Waals surface area contributed by atoms with Crippen LogP contribution in [-0.2, 0) is 22.0 Å². The molecule has 0 saturated carbocycles. The van der Waals surface area contributed by atoms with Crippen LogP contribution in [0.1, 0.15) is 32.2 Å². The molecular weight excluding hydrogens is 390 g/mol. The van der Waals surface area contributed by atoms with Crippen molar-refractivity contribution in [1.29, 1.82) is 0 Å². The van der Waals surface area contributed by atoms with E-state index in [1.54, 1.807) is 12.1 Å². The third kappa shape index (κ3) is 4.65. The third-order valence-electron chi connectivity index (χ3n) is 4.60. The van der Waals surface area contributed by atoms with Crippen molar-refractivity contribution in [1.82, 2.24) is 14.4 Å². The highest BCUT2D eigenvalue weighted by Gasteiger charge is 2.23. The normalized spacial score (nSPS) is 12.3. The molecule has 7 nitrogen and oxygen atoms in total. The van der Waals surface area contributed by atoms with Gasteiger partial charge in [0.05, 0.1) is 18.6 Å². The van der Waals surface area contributed by atoms with Gasteiger partial charge in [0, 0.05) is 12.6 Å². The fraction of sp³-hybridized carbons (Fsp3) is 0.333. The number of hydrogen-bond acceptors (Lipinski definition) is 6. The first-order chi connectivity index (χ1) is 13.6. The summed E-state index contributed by atoms with van der Waals surface area (Å²) in [5.74, 6) is 1.24. The zero-order chi connectivity index (χ0) is 21.2. The predicted octanol–water partition coefficient (Wildman–Crippen LogP) is 3.86. The van der Waals surface area contributed by atoms with E-state index in [0.717, 1.165) is 5.56 Å². The van der Waals surface area contributed by atoms with E-state index in [9.17, 15) is 8.42 Å². The second-order valence-electron chi connectivity index (χ2n) is 7.78. The number of benzene rings is 2. The Morgan fingerprint density at radius 2 is 1.66 bits per heavy atom. The molecule has 0 unspecified atom stereocenters. The van der Waals surface area contributed by atoms with Gasteiger partial charge in [-0.2, -0.15) is 9.29 Å². The van der Waals surface area contributed by atoms with Crippen molar-refractivity contribution in [2.75, 3.05) is 14.2 Å². The van der Waals surface area contributed by atoms with Crippen LogP contribution in [0.4, 0.5) is 0 Å². The lowest BCUT2D eigenvalue weighted by atomic mass is 9.87. The zero-order valence-corrected chi connectivity index (χ0v) is 18.0. The molecule has 0 N–H and O–H groups in total. The fourth-order valence-electron chi connectivity index (χ4n) is 2.76. The molecule has 0 fully saturated rings. The first kappa shape index (κ1) is 21.0. The molecule has 3 aromatic rings. The highest BCUT2D eigenvalue weighted by atomic mass is 32.2. The Morgan fingerprint density at radius 1 is 1.03 bits per heavy atom. The SMILES string of the molecule is COc1ccc(S(=O)(=O)N(C)Cc2nc(-c3ccc(C(C)(C)C)cc3)no2)cc1. The molecule has 3 rings (SSSR count). The topological polar surface area (TPSA) is 85.5 Å². The van der Waals surface area contributed by atoms with Crippen LogP contribution >= 0.6 is 0 Å². The Labute approximate surface area is 171 Å². The Bertz CT molecular complexity index is 1070. The van der Waals surface area contributed by atoms with Crippen LogP contribution in [0.5, 0.6) is 5.75 Å². The highest BCUT2D eigenvalue weighted by molar-refractivity contribution is 7.89. The monoisotopic (exact) mass is 415 g/mol. The zero-order valence-electron chi connectivity index (χ0n) is 17.2. The lowest BCUT2D eigenvalue weighted by Crippen LogP contribution is -2.26. The van der Waals surface area contributed by atoms with Crippen molar-refractivity contribution in [3.8, 4) is 17.1 Å². The summed E-state index contributed by atoms with van der Waals surface area (Å²) in [5.41, 5.74) is 2.07. The second kappa shape index (κ2) is 7.96. The summed E-state index contributed by atoms with van der Waals surface area (Å²) in [6.07, 6.45) is 0. The van der Waals surface area contributed by atoms with Gasteiger partial charge >= 0.3 is 0 Å². The molecule has 8 heteroatoms. The molecule has 2 aromatic carbocycles. The van der Waals surface area contributed by atoms with Gasteiger partial charge in [-0.1, -0.05) is 50.2 Å². The average Bonchev–Trinajstić information content (AvgIpc) is 3.16. The van der Waals surface area contributed by atoms with E-state index in [1.807, 2.05) is 24.3 Å². The molecule has 0 bridgehead atoms. The molecule has 0 aliphatic heterocycles. The largest absolute Gasteiger partial charge is 0.497 e. The molecule has 0 radical (unpaired) electrons. The lowest BCUT2D eigenvalue weighted by molar-refractivity contribution is 0.336. The van der Waals surface area contributed by atoms with E-state index < -0.39 is 10.0 Å². The quantitative estimate of drug-likeness (QED) is 0.608.